The van der Waals surface area contributed by atoms with Gasteiger partial charge in [0.25, 0.3) is 0 Å². The number of allylic oxidation sites excluding steroid dienone is 16. The third-order valence-corrected chi connectivity index (χ3v) is 7.27. The SMILES string of the molecule is CC/C=C\C/C=C\C/C=C\C/C=C\CCCCC(=O)OC(COC(=O)CC/C=C\C/C=C\C/C=C\C/C=C\CC)COP(=O)(O)OC. The second-order valence-electron chi connectivity index (χ2n) is 10.5. The average molecular weight is 675 g/mol. The van der Waals surface area contributed by atoms with Crippen LogP contribution in [0.15, 0.2) is 97.2 Å². The molecule has 8 nitrogen and oxygen atoms in total. The highest BCUT2D eigenvalue weighted by atomic mass is 31.2. The number of carbonyl (C=O) groups is 2. The second kappa shape index (κ2) is 32.9. The number of hydrogen-bond donors (Lipinski definition) is 1. The molecule has 1 N–H and O–H groups in total. The number of carbonyl (C=O) groups excluding carboxylic acids is 2. The molecule has 0 aliphatic heterocycles. The molecule has 47 heavy (non-hydrogen) atoms. The molecule has 2 unspecified atom stereocenters. The molecular weight excluding hydrogens is 615 g/mol. The highest BCUT2D eigenvalue weighted by Gasteiger charge is 2.24. The molecule has 0 radical (unpaired) electrons. The van der Waals surface area contributed by atoms with Crippen LogP contribution in [0.4, 0.5) is 0 Å². The van der Waals surface area contributed by atoms with E-state index in [2.05, 4.69) is 103 Å². The van der Waals surface area contributed by atoms with Crippen LogP contribution in [-0.4, -0.2) is 43.3 Å². The van der Waals surface area contributed by atoms with Crippen LogP contribution < -0.4 is 0 Å². The summed E-state index contributed by atoms with van der Waals surface area (Å²) in [5, 5.41) is 0. The number of unbranched alkanes of at least 4 members (excludes halogenated alkanes) is 2. The first-order valence-electron chi connectivity index (χ1n) is 16.9. The van der Waals surface area contributed by atoms with Crippen LogP contribution in [0.25, 0.3) is 0 Å². The minimum absolute atomic E-state index is 0.156. The molecule has 0 aromatic carbocycles. The molecule has 264 valence electrons. The van der Waals surface area contributed by atoms with Gasteiger partial charge in [-0.15, -0.1) is 0 Å². The van der Waals surface area contributed by atoms with E-state index >= 15 is 0 Å². The van der Waals surface area contributed by atoms with E-state index < -0.39 is 32.5 Å². The summed E-state index contributed by atoms with van der Waals surface area (Å²) in [6.07, 6.45) is 43.4. The minimum atomic E-state index is -4.29. The lowest BCUT2D eigenvalue weighted by molar-refractivity contribution is -0.161. The fourth-order valence-corrected chi connectivity index (χ4v) is 4.24. The lowest BCUT2D eigenvalue weighted by atomic mass is 10.2. The molecule has 0 fully saturated rings. The predicted octanol–water partition coefficient (Wildman–Crippen LogP) is 10.2. The molecule has 0 amide bonds. The topological polar surface area (TPSA) is 108 Å². The van der Waals surface area contributed by atoms with Gasteiger partial charge in [0.1, 0.15) is 6.61 Å². The summed E-state index contributed by atoms with van der Waals surface area (Å²) in [6, 6.07) is 0. The summed E-state index contributed by atoms with van der Waals surface area (Å²) in [5.41, 5.74) is 0. The standard InChI is InChI=1S/C38H59O8P/c1-4-6-8-10-12-14-16-18-19-21-23-25-27-29-31-33-38(40)46-36(35-45-47(41,42)43-3)34-44-37(39)32-30-28-26-24-22-20-17-15-13-11-9-7-5-2/h6-9,12-15,18-20,22-23,25-26,28,36H,4-5,10-11,16-17,21,24,27,29-35H2,1-3H3,(H,41,42)/b8-6-,9-7-,14-12-,15-13-,19-18-,22-20-,25-23-,28-26-. The van der Waals surface area contributed by atoms with E-state index in [1.165, 1.54) is 0 Å². The first kappa shape index (κ1) is 44.0. The molecule has 0 rings (SSSR count). The van der Waals surface area contributed by atoms with E-state index in [9.17, 15) is 19.0 Å². The van der Waals surface area contributed by atoms with Crippen molar-refractivity contribution >= 4 is 19.8 Å². The highest BCUT2D eigenvalue weighted by Crippen LogP contribution is 2.42. The molecule has 0 saturated heterocycles. The number of rotatable bonds is 29. The van der Waals surface area contributed by atoms with Crippen molar-refractivity contribution in [1.82, 2.24) is 0 Å². The lowest BCUT2D eigenvalue weighted by Crippen LogP contribution is -2.29. The Morgan fingerprint density at radius 3 is 1.51 bits per heavy atom. The highest BCUT2D eigenvalue weighted by molar-refractivity contribution is 7.47. The van der Waals surface area contributed by atoms with E-state index in [1.54, 1.807) is 0 Å². The maximum absolute atomic E-state index is 12.4. The van der Waals surface area contributed by atoms with Gasteiger partial charge in [-0.1, -0.05) is 111 Å². The molecule has 0 aliphatic rings. The fourth-order valence-electron chi connectivity index (χ4n) is 3.78. The zero-order chi connectivity index (χ0) is 34.7. The first-order chi connectivity index (χ1) is 22.8. The molecule has 0 aromatic rings. The predicted molar refractivity (Wildman–Crippen MR) is 193 cm³/mol. The summed E-state index contributed by atoms with van der Waals surface area (Å²) < 4.78 is 31.6. The molecule has 9 heteroatoms. The van der Waals surface area contributed by atoms with Gasteiger partial charge in [0.05, 0.1) is 6.61 Å². The molecule has 0 heterocycles. The van der Waals surface area contributed by atoms with Crippen LogP contribution in [0.5, 0.6) is 0 Å². The van der Waals surface area contributed by atoms with E-state index in [1.807, 2.05) is 12.2 Å². The van der Waals surface area contributed by atoms with Crippen molar-refractivity contribution in [3.8, 4) is 0 Å². The average Bonchev–Trinajstić information content (AvgIpc) is 3.06. The van der Waals surface area contributed by atoms with Crippen LogP contribution >= 0.6 is 7.82 Å². The van der Waals surface area contributed by atoms with Gasteiger partial charge in [-0.25, -0.2) is 4.57 Å². The number of phosphoric ester groups is 1. The zero-order valence-electron chi connectivity index (χ0n) is 28.9. The maximum Gasteiger partial charge on any atom is 0.472 e. The normalized spacial score (nSPS) is 14.7. The monoisotopic (exact) mass is 674 g/mol. The van der Waals surface area contributed by atoms with Crippen LogP contribution in [0.1, 0.15) is 104 Å². The van der Waals surface area contributed by atoms with Gasteiger partial charge in [0.2, 0.25) is 0 Å². The Kier molecular flexibility index (Phi) is 30.8. The molecular formula is C38H59O8P. The smallest absolute Gasteiger partial charge is 0.462 e. The van der Waals surface area contributed by atoms with Crippen molar-refractivity contribution in [2.24, 2.45) is 0 Å². The zero-order valence-corrected chi connectivity index (χ0v) is 29.8. The van der Waals surface area contributed by atoms with Gasteiger partial charge >= 0.3 is 19.8 Å². The van der Waals surface area contributed by atoms with Crippen LogP contribution in [-0.2, 0) is 32.7 Å². The Hall–Kier alpha value is -3.03. The Balaban J connectivity index is 4.34. The van der Waals surface area contributed by atoms with E-state index in [0.29, 0.717) is 12.8 Å². The minimum Gasteiger partial charge on any atom is -0.462 e. The van der Waals surface area contributed by atoms with Gasteiger partial charge in [0, 0.05) is 20.0 Å². The van der Waals surface area contributed by atoms with E-state index in [4.69, 9.17) is 14.0 Å². The third kappa shape index (κ3) is 32.7. The van der Waals surface area contributed by atoms with Crippen molar-refractivity contribution in [3.63, 3.8) is 0 Å². The molecule has 0 bridgehead atoms. The third-order valence-electron chi connectivity index (χ3n) is 6.34. The van der Waals surface area contributed by atoms with Crippen molar-refractivity contribution in [2.45, 2.75) is 110 Å². The van der Waals surface area contributed by atoms with Crippen molar-refractivity contribution in [1.29, 1.82) is 0 Å². The van der Waals surface area contributed by atoms with Crippen LogP contribution in [0.2, 0.25) is 0 Å². The summed E-state index contributed by atoms with van der Waals surface area (Å²) in [7, 11) is -3.25. The number of hydrogen-bond acceptors (Lipinski definition) is 7. The summed E-state index contributed by atoms with van der Waals surface area (Å²) in [5.74, 6) is -0.963. The van der Waals surface area contributed by atoms with Crippen LogP contribution in [0, 0.1) is 0 Å². The Morgan fingerprint density at radius 1 is 0.596 bits per heavy atom. The number of esters is 2. The van der Waals surface area contributed by atoms with E-state index in [0.717, 1.165) is 71.3 Å². The molecule has 0 saturated carbocycles. The van der Waals surface area contributed by atoms with Gasteiger partial charge in [-0.2, -0.15) is 0 Å². The quantitative estimate of drug-likeness (QED) is 0.0361. The van der Waals surface area contributed by atoms with Crippen molar-refractivity contribution < 1.29 is 37.6 Å². The number of ether oxygens (including phenoxy) is 2. The van der Waals surface area contributed by atoms with Crippen molar-refractivity contribution in [2.75, 3.05) is 20.3 Å². The van der Waals surface area contributed by atoms with E-state index in [-0.39, 0.29) is 19.4 Å². The maximum atomic E-state index is 12.4. The van der Waals surface area contributed by atoms with Crippen molar-refractivity contribution in [3.05, 3.63) is 97.2 Å². The largest absolute Gasteiger partial charge is 0.472 e. The number of phosphoric acid groups is 1. The Labute approximate surface area is 284 Å². The Bertz CT molecular complexity index is 1080. The second-order valence-corrected chi connectivity index (χ2v) is 12.1. The molecule has 0 aliphatic carbocycles. The summed E-state index contributed by atoms with van der Waals surface area (Å²) >= 11 is 0. The first-order valence-corrected chi connectivity index (χ1v) is 18.4. The van der Waals surface area contributed by atoms with Crippen LogP contribution in [0.3, 0.4) is 0 Å². The summed E-state index contributed by atoms with van der Waals surface area (Å²) in [4.78, 5) is 34.2. The molecule has 0 spiro atoms. The fraction of sp³-hybridized carbons (Fsp3) is 0.526. The Morgan fingerprint density at radius 2 is 1.04 bits per heavy atom. The molecule has 0 aromatic heterocycles. The molecule has 2 atom stereocenters. The summed E-state index contributed by atoms with van der Waals surface area (Å²) in [6.45, 7) is 3.51. The van der Waals surface area contributed by atoms with Gasteiger partial charge in [0.15, 0.2) is 6.10 Å². The van der Waals surface area contributed by atoms with Gasteiger partial charge in [-0.3, -0.25) is 18.6 Å². The lowest BCUT2D eigenvalue weighted by Gasteiger charge is -2.19. The van der Waals surface area contributed by atoms with Gasteiger partial charge in [-0.05, 0) is 77.0 Å². The van der Waals surface area contributed by atoms with Gasteiger partial charge < -0.3 is 14.4 Å².